The predicted octanol–water partition coefficient (Wildman–Crippen LogP) is 4.16. The van der Waals surface area contributed by atoms with Gasteiger partial charge in [-0.2, -0.15) is 0 Å². The van der Waals surface area contributed by atoms with Crippen molar-refractivity contribution in [2.75, 3.05) is 16.8 Å². The third kappa shape index (κ3) is 3.85. The fraction of sp³-hybridized carbons (Fsp3) is 0.160. The number of nitrogens with one attached hydrogen (secondary N) is 1. The first-order chi connectivity index (χ1) is 15.6. The van der Waals surface area contributed by atoms with Crippen molar-refractivity contribution in [3.8, 4) is 0 Å². The molecule has 6 nitrogen and oxygen atoms in total. The van der Waals surface area contributed by atoms with Gasteiger partial charge >= 0.3 is 0 Å². The maximum Gasteiger partial charge on any atom is 0.268 e. The molecule has 2 amide bonds. The number of halogens is 1. The molecular weight excluding hydrogens is 409 g/mol. The number of oxime groups is 1. The van der Waals surface area contributed by atoms with Crippen LogP contribution in [-0.2, 0) is 16.1 Å². The van der Waals surface area contributed by atoms with Crippen molar-refractivity contribution in [2.24, 2.45) is 5.16 Å². The molecule has 2 heterocycles. The smallest absolute Gasteiger partial charge is 0.268 e. The maximum atomic E-state index is 13.4. The minimum atomic E-state index is -0.796. The molecule has 32 heavy (non-hydrogen) atoms. The summed E-state index contributed by atoms with van der Waals surface area (Å²) in [6, 6.07) is 20.7. The normalized spacial score (nSPS) is 16.8. The number of nitrogens with zero attached hydrogens (tertiary/aromatic N) is 2. The molecule has 1 atom stereocenters. The van der Waals surface area contributed by atoms with Gasteiger partial charge in [0.2, 0.25) is 6.10 Å². The summed E-state index contributed by atoms with van der Waals surface area (Å²) in [4.78, 5) is 32.5. The highest BCUT2D eigenvalue weighted by Crippen LogP contribution is 2.29. The Bertz CT molecular complexity index is 1220. The van der Waals surface area contributed by atoms with Gasteiger partial charge in [0.05, 0.1) is 5.71 Å². The fourth-order valence-corrected chi connectivity index (χ4v) is 3.98. The van der Waals surface area contributed by atoms with E-state index < -0.39 is 6.10 Å². The van der Waals surface area contributed by atoms with Crippen molar-refractivity contribution in [3.05, 3.63) is 95.3 Å². The van der Waals surface area contributed by atoms with Crippen LogP contribution in [0.25, 0.3) is 0 Å². The molecule has 0 aliphatic carbocycles. The lowest BCUT2D eigenvalue weighted by atomic mass is 10.0. The Balaban J connectivity index is 1.21. The average molecular weight is 429 g/mol. The largest absolute Gasteiger partial charge is 0.382 e. The Morgan fingerprint density at radius 3 is 2.66 bits per heavy atom. The van der Waals surface area contributed by atoms with E-state index >= 15 is 0 Å². The van der Waals surface area contributed by atoms with Gasteiger partial charge in [-0.25, -0.2) is 4.39 Å². The summed E-state index contributed by atoms with van der Waals surface area (Å²) < 4.78 is 13.4. The van der Waals surface area contributed by atoms with E-state index in [1.807, 2.05) is 24.3 Å². The van der Waals surface area contributed by atoms with Crippen LogP contribution in [0.1, 0.15) is 27.9 Å². The van der Waals surface area contributed by atoms with Gasteiger partial charge in [-0.3, -0.25) is 9.59 Å². The third-order valence-corrected chi connectivity index (χ3v) is 5.65. The monoisotopic (exact) mass is 429 g/mol. The van der Waals surface area contributed by atoms with Crippen LogP contribution in [0.5, 0.6) is 0 Å². The Morgan fingerprint density at radius 1 is 1.03 bits per heavy atom. The minimum absolute atomic E-state index is 0.0694. The van der Waals surface area contributed by atoms with E-state index in [2.05, 4.69) is 10.5 Å². The first-order valence-electron chi connectivity index (χ1n) is 10.4. The van der Waals surface area contributed by atoms with Crippen molar-refractivity contribution in [1.29, 1.82) is 0 Å². The van der Waals surface area contributed by atoms with Gasteiger partial charge in [-0.15, -0.1) is 0 Å². The topological polar surface area (TPSA) is 71.0 Å². The molecule has 1 unspecified atom stereocenters. The number of amides is 2. The highest BCUT2D eigenvalue weighted by molar-refractivity contribution is 6.08. The summed E-state index contributed by atoms with van der Waals surface area (Å²) in [6.45, 7) is 0.656. The Labute approximate surface area is 184 Å². The fourth-order valence-electron chi connectivity index (χ4n) is 3.98. The Hall–Kier alpha value is -4.00. The number of hydrogen-bond donors (Lipinski definition) is 1. The van der Waals surface area contributed by atoms with Crippen LogP contribution < -0.4 is 10.2 Å². The third-order valence-electron chi connectivity index (χ3n) is 5.65. The van der Waals surface area contributed by atoms with Gasteiger partial charge < -0.3 is 15.1 Å². The number of anilines is 2. The van der Waals surface area contributed by atoms with Crippen LogP contribution >= 0.6 is 0 Å². The van der Waals surface area contributed by atoms with E-state index in [0.717, 1.165) is 12.1 Å². The molecule has 0 radical (unpaired) electrons. The summed E-state index contributed by atoms with van der Waals surface area (Å²) >= 11 is 0. The number of fused-ring (bicyclic) bond motifs is 1. The van der Waals surface area contributed by atoms with Gasteiger partial charge in [0.25, 0.3) is 11.8 Å². The van der Waals surface area contributed by atoms with E-state index in [9.17, 15) is 14.0 Å². The van der Waals surface area contributed by atoms with Crippen LogP contribution in [0.15, 0.2) is 78.0 Å². The molecule has 0 fully saturated rings. The van der Waals surface area contributed by atoms with E-state index in [4.69, 9.17) is 4.84 Å². The molecule has 2 aliphatic heterocycles. The van der Waals surface area contributed by atoms with Crippen LogP contribution in [0.2, 0.25) is 0 Å². The van der Waals surface area contributed by atoms with Gasteiger partial charge in [-0.1, -0.05) is 35.5 Å². The first kappa shape index (κ1) is 19.9. The van der Waals surface area contributed by atoms with Crippen LogP contribution in [0.3, 0.4) is 0 Å². The van der Waals surface area contributed by atoms with Gasteiger partial charge in [0.1, 0.15) is 5.82 Å². The number of benzene rings is 3. The van der Waals surface area contributed by atoms with Gasteiger partial charge in [-0.05, 0) is 54.4 Å². The second-order valence-corrected chi connectivity index (χ2v) is 7.75. The quantitative estimate of drug-likeness (QED) is 0.677. The van der Waals surface area contributed by atoms with Crippen molar-refractivity contribution in [2.45, 2.75) is 18.9 Å². The maximum absolute atomic E-state index is 13.4. The van der Waals surface area contributed by atoms with Gasteiger partial charge in [0, 0.05) is 35.5 Å². The van der Waals surface area contributed by atoms with Gasteiger partial charge in [0.15, 0.2) is 0 Å². The Morgan fingerprint density at radius 2 is 1.84 bits per heavy atom. The lowest BCUT2D eigenvalue weighted by Gasteiger charge is -2.17. The zero-order valence-corrected chi connectivity index (χ0v) is 17.1. The first-order valence-corrected chi connectivity index (χ1v) is 10.4. The van der Waals surface area contributed by atoms with Crippen molar-refractivity contribution in [3.63, 3.8) is 0 Å². The number of rotatable bonds is 4. The number of carbonyl (C=O) groups excluding carboxylic acids is 2. The van der Waals surface area contributed by atoms with E-state index in [-0.39, 0.29) is 24.1 Å². The Kier molecular flexibility index (Phi) is 5.15. The van der Waals surface area contributed by atoms with Crippen molar-refractivity contribution < 1.29 is 18.8 Å². The molecular formula is C25H20FN3O3. The molecule has 0 saturated heterocycles. The summed E-state index contributed by atoms with van der Waals surface area (Å²) in [6.07, 6.45) is 0.299. The van der Waals surface area contributed by atoms with Crippen LogP contribution in [0.4, 0.5) is 15.8 Å². The second-order valence-electron chi connectivity index (χ2n) is 7.75. The highest BCUT2D eigenvalue weighted by Gasteiger charge is 2.29. The van der Waals surface area contributed by atoms with Crippen LogP contribution in [-0.4, -0.2) is 30.2 Å². The molecule has 3 aromatic rings. The number of carbonyl (C=O) groups is 2. The molecule has 3 aromatic carbocycles. The molecule has 7 heteroatoms. The summed E-state index contributed by atoms with van der Waals surface area (Å²) in [5, 5.41) is 6.71. The zero-order chi connectivity index (χ0) is 22.1. The van der Waals surface area contributed by atoms with Crippen molar-refractivity contribution in [1.82, 2.24) is 0 Å². The molecule has 2 aliphatic rings. The molecule has 0 saturated carbocycles. The van der Waals surface area contributed by atoms with E-state index in [1.165, 1.54) is 17.7 Å². The van der Waals surface area contributed by atoms with E-state index in [0.29, 0.717) is 29.1 Å². The molecule has 0 bridgehead atoms. The summed E-state index contributed by atoms with van der Waals surface area (Å²) in [7, 11) is 0. The molecule has 0 spiro atoms. The molecule has 5 rings (SSSR count). The number of para-hydroxylation sites is 1. The lowest BCUT2D eigenvalue weighted by Crippen LogP contribution is -2.29. The minimum Gasteiger partial charge on any atom is -0.382 e. The summed E-state index contributed by atoms with van der Waals surface area (Å²) in [5.74, 6) is -0.794. The van der Waals surface area contributed by atoms with Crippen LogP contribution in [0, 0.1) is 5.82 Å². The summed E-state index contributed by atoms with van der Waals surface area (Å²) in [5.41, 5.74) is 4.33. The average Bonchev–Trinajstić information content (AvgIpc) is 3.47. The number of hydrogen-bond acceptors (Lipinski definition) is 4. The molecule has 1 N–H and O–H groups in total. The second kappa shape index (κ2) is 8.26. The molecule has 0 aromatic heterocycles. The van der Waals surface area contributed by atoms with Crippen molar-refractivity contribution >= 4 is 28.9 Å². The molecule has 160 valence electrons. The lowest BCUT2D eigenvalue weighted by molar-refractivity contribution is -0.125. The van der Waals surface area contributed by atoms with E-state index in [1.54, 1.807) is 41.3 Å². The SMILES string of the molecule is O=C(Nc1ccc(C(=O)N2CCc3ccccc32)cc1)C1CC(c2cccc(F)c2)=NO1. The zero-order valence-electron chi connectivity index (χ0n) is 17.1. The highest BCUT2D eigenvalue weighted by atomic mass is 19.1. The predicted molar refractivity (Wildman–Crippen MR) is 119 cm³/mol. The standard InChI is InChI=1S/C25H20FN3O3/c26-19-6-3-5-18(14-19)21-15-23(32-28-21)24(30)27-20-10-8-17(9-11-20)25(31)29-13-12-16-4-1-2-7-22(16)29/h1-11,14,23H,12-13,15H2,(H,27,30).